The average molecular weight is 418 g/mol. The molecule has 26 heavy (non-hydrogen) atoms. The average Bonchev–Trinajstić information content (AvgIpc) is 3.10. The van der Waals surface area contributed by atoms with Crippen LogP contribution in [0.25, 0.3) is 0 Å². The molecule has 0 spiro atoms. The van der Waals surface area contributed by atoms with E-state index in [0.717, 1.165) is 42.5 Å². The van der Waals surface area contributed by atoms with Crippen molar-refractivity contribution < 1.29 is 22.8 Å². The van der Waals surface area contributed by atoms with Gasteiger partial charge in [-0.25, -0.2) is 8.42 Å². The summed E-state index contributed by atoms with van der Waals surface area (Å²) < 4.78 is 38.4. The van der Waals surface area contributed by atoms with Crippen LogP contribution in [0.2, 0.25) is 4.34 Å². The van der Waals surface area contributed by atoms with Gasteiger partial charge in [0.1, 0.15) is 28.9 Å². The molecule has 3 rings (SSSR count). The van der Waals surface area contributed by atoms with E-state index in [4.69, 9.17) is 21.1 Å². The van der Waals surface area contributed by atoms with Crippen molar-refractivity contribution in [3.8, 4) is 11.5 Å². The minimum absolute atomic E-state index is 0.314. The van der Waals surface area contributed by atoms with Gasteiger partial charge in [0.05, 0.1) is 37.6 Å². The molecule has 0 radical (unpaired) electrons. The Morgan fingerprint density at radius 2 is 1.77 bits per heavy atom. The second-order valence-corrected chi connectivity index (χ2v) is 9.87. The van der Waals surface area contributed by atoms with Crippen LogP contribution in [0, 0.1) is 0 Å². The van der Waals surface area contributed by atoms with Crippen LogP contribution in [0.3, 0.4) is 0 Å². The number of sulfonamides is 1. The lowest BCUT2D eigenvalue weighted by Crippen LogP contribution is -3.15. The standard InChI is InChI=1S/C17H21ClN2O4S2/c1-23-14-2-4-15(5-3-14)24-13-12-19-8-10-20(11-9-19)26(21,22)17-7-6-16(18)25-17/h2-7H,8-13H2,1H3/p+1. The lowest BCUT2D eigenvalue weighted by atomic mass is 10.3. The van der Waals surface area contributed by atoms with E-state index in [-0.39, 0.29) is 0 Å². The number of rotatable bonds is 7. The Labute approximate surface area is 162 Å². The van der Waals surface area contributed by atoms with E-state index in [2.05, 4.69) is 0 Å². The van der Waals surface area contributed by atoms with Crippen LogP contribution in [0.15, 0.2) is 40.6 Å². The number of benzene rings is 1. The fourth-order valence-electron chi connectivity index (χ4n) is 2.84. The minimum Gasteiger partial charge on any atom is -0.497 e. The summed E-state index contributed by atoms with van der Waals surface area (Å²) in [6.07, 6.45) is 0. The topological polar surface area (TPSA) is 60.3 Å². The molecular weight excluding hydrogens is 396 g/mol. The highest BCUT2D eigenvalue weighted by Crippen LogP contribution is 2.28. The first-order chi connectivity index (χ1) is 12.5. The quantitative estimate of drug-likeness (QED) is 0.739. The molecule has 1 aromatic carbocycles. The van der Waals surface area contributed by atoms with Crippen LogP contribution in [0.4, 0.5) is 0 Å². The van der Waals surface area contributed by atoms with Crippen molar-refractivity contribution in [1.82, 2.24) is 4.31 Å². The van der Waals surface area contributed by atoms with Gasteiger partial charge >= 0.3 is 0 Å². The van der Waals surface area contributed by atoms with Crippen LogP contribution in [-0.2, 0) is 10.0 Å². The summed E-state index contributed by atoms with van der Waals surface area (Å²) in [5, 5.41) is 0. The van der Waals surface area contributed by atoms with Crippen molar-refractivity contribution in [1.29, 1.82) is 0 Å². The number of nitrogens with zero attached hydrogens (tertiary/aromatic N) is 1. The van der Waals surface area contributed by atoms with Crippen LogP contribution in [0.5, 0.6) is 11.5 Å². The summed E-state index contributed by atoms with van der Waals surface area (Å²) in [5.74, 6) is 1.60. The molecule has 0 saturated carbocycles. The predicted molar refractivity (Wildman–Crippen MR) is 102 cm³/mol. The van der Waals surface area contributed by atoms with E-state index >= 15 is 0 Å². The minimum atomic E-state index is -3.42. The highest BCUT2D eigenvalue weighted by molar-refractivity contribution is 7.91. The lowest BCUT2D eigenvalue weighted by Gasteiger charge is -2.31. The first-order valence-corrected chi connectivity index (χ1v) is 11.0. The second-order valence-electron chi connectivity index (χ2n) is 5.99. The molecule has 0 atom stereocenters. The molecule has 2 aromatic rings. The van der Waals surface area contributed by atoms with Crippen molar-refractivity contribution in [3.05, 3.63) is 40.7 Å². The maximum Gasteiger partial charge on any atom is 0.253 e. The van der Waals surface area contributed by atoms with Crippen molar-refractivity contribution in [2.45, 2.75) is 4.21 Å². The molecule has 1 aliphatic heterocycles. The van der Waals surface area contributed by atoms with Crippen LogP contribution >= 0.6 is 22.9 Å². The molecule has 6 nitrogen and oxygen atoms in total. The van der Waals surface area contributed by atoms with Gasteiger partial charge in [0.2, 0.25) is 0 Å². The number of ether oxygens (including phenoxy) is 2. The van der Waals surface area contributed by atoms with Crippen LogP contribution < -0.4 is 14.4 Å². The van der Waals surface area contributed by atoms with Gasteiger partial charge in [-0.1, -0.05) is 11.6 Å². The molecule has 0 amide bonds. The molecule has 2 heterocycles. The van der Waals surface area contributed by atoms with Gasteiger partial charge in [0.15, 0.2) is 0 Å². The zero-order valence-electron chi connectivity index (χ0n) is 14.5. The molecule has 9 heteroatoms. The highest BCUT2D eigenvalue weighted by Gasteiger charge is 2.31. The third kappa shape index (κ3) is 4.69. The maximum absolute atomic E-state index is 12.6. The largest absolute Gasteiger partial charge is 0.497 e. The Morgan fingerprint density at radius 3 is 2.35 bits per heavy atom. The van der Waals surface area contributed by atoms with Crippen LogP contribution in [0.1, 0.15) is 0 Å². The summed E-state index contributed by atoms with van der Waals surface area (Å²) in [4.78, 5) is 1.34. The molecule has 0 unspecified atom stereocenters. The van der Waals surface area contributed by atoms with Crippen molar-refractivity contribution in [2.24, 2.45) is 0 Å². The SMILES string of the molecule is COc1ccc(OCC[NH+]2CCN(S(=O)(=O)c3ccc(Cl)s3)CC2)cc1. The fraction of sp³-hybridized carbons (Fsp3) is 0.412. The van der Waals surface area contributed by atoms with E-state index in [1.54, 1.807) is 23.5 Å². The number of quaternary nitrogens is 1. The van der Waals surface area contributed by atoms with Gasteiger partial charge in [-0.05, 0) is 36.4 Å². The first kappa shape index (κ1) is 19.4. The van der Waals surface area contributed by atoms with E-state index in [1.165, 1.54) is 4.90 Å². The normalized spacial score (nSPS) is 16.5. The zero-order valence-corrected chi connectivity index (χ0v) is 16.9. The summed E-state index contributed by atoms with van der Waals surface area (Å²) >= 11 is 6.97. The monoisotopic (exact) mass is 417 g/mol. The Bertz CT molecular complexity index is 816. The number of hydrogen-bond donors (Lipinski definition) is 1. The molecule has 1 saturated heterocycles. The molecule has 142 valence electrons. The Hall–Kier alpha value is -1.32. The third-order valence-corrected chi connectivity index (χ3v) is 7.95. The summed E-state index contributed by atoms with van der Waals surface area (Å²) in [7, 11) is -1.79. The molecule has 0 bridgehead atoms. The van der Waals surface area contributed by atoms with Gasteiger partial charge in [-0.15, -0.1) is 11.3 Å². The van der Waals surface area contributed by atoms with Crippen LogP contribution in [-0.4, -0.2) is 59.2 Å². The second kappa shape index (κ2) is 8.58. The highest BCUT2D eigenvalue weighted by atomic mass is 35.5. The van der Waals surface area contributed by atoms with Crippen molar-refractivity contribution in [2.75, 3.05) is 46.4 Å². The number of methoxy groups -OCH3 is 1. The molecular formula is C17H22ClN2O4S2+. The van der Waals surface area contributed by atoms with Gasteiger partial charge in [-0.3, -0.25) is 0 Å². The lowest BCUT2D eigenvalue weighted by molar-refractivity contribution is -0.903. The summed E-state index contributed by atoms with van der Waals surface area (Å²) in [5.41, 5.74) is 0. The predicted octanol–water partition coefficient (Wildman–Crippen LogP) is 1.38. The number of halogens is 1. The molecule has 1 N–H and O–H groups in total. The number of nitrogens with one attached hydrogen (secondary N) is 1. The molecule has 1 aromatic heterocycles. The smallest absolute Gasteiger partial charge is 0.253 e. The fourth-order valence-corrected chi connectivity index (χ4v) is 5.92. The molecule has 1 aliphatic rings. The van der Waals surface area contributed by atoms with E-state index < -0.39 is 10.0 Å². The van der Waals surface area contributed by atoms with E-state index in [1.807, 2.05) is 24.3 Å². The van der Waals surface area contributed by atoms with Crippen molar-refractivity contribution in [3.63, 3.8) is 0 Å². The third-order valence-electron chi connectivity index (χ3n) is 4.36. The zero-order chi connectivity index (χ0) is 18.6. The van der Waals surface area contributed by atoms with Crippen molar-refractivity contribution >= 4 is 33.0 Å². The molecule has 1 fully saturated rings. The Morgan fingerprint density at radius 1 is 1.12 bits per heavy atom. The number of thiophene rings is 1. The van der Waals surface area contributed by atoms with Gasteiger partial charge in [0.25, 0.3) is 10.0 Å². The van der Waals surface area contributed by atoms with E-state index in [0.29, 0.717) is 28.2 Å². The number of piperazine rings is 1. The summed E-state index contributed by atoms with van der Waals surface area (Å²) in [6, 6.07) is 10.7. The van der Waals surface area contributed by atoms with Gasteiger partial charge < -0.3 is 14.4 Å². The van der Waals surface area contributed by atoms with Gasteiger partial charge in [0, 0.05) is 0 Å². The Balaban J connectivity index is 1.45. The van der Waals surface area contributed by atoms with Gasteiger partial charge in [-0.2, -0.15) is 4.31 Å². The van der Waals surface area contributed by atoms with E-state index in [9.17, 15) is 8.42 Å². The maximum atomic E-state index is 12.6. The first-order valence-electron chi connectivity index (χ1n) is 8.35. The number of hydrogen-bond acceptors (Lipinski definition) is 5. The Kier molecular flexibility index (Phi) is 6.42. The summed E-state index contributed by atoms with van der Waals surface area (Å²) in [6.45, 7) is 3.99. The molecule has 0 aliphatic carbocycles.